The second-order valence-corrected chi connectivity index (χ2v) is 5.74. The topological polar surface area (TPSA) is 29.5 Å². The third kappa shape index (κ3) is 4.50. The van der Waals surface area contributed by atoms with Crippen molar-refractivity contribution >= 4 is 5.91 Å². The van der Waals surface area contributed by atoms with Gasteiger partial charge in [-0.25, -0.2) is 0 Å². The summed E-state index contributed by atoms with van der Waals surface area (Å²) in [7, 11) is 0. The van der Waals surface area contributed by atoms with Crippen LogP contribution in [0.4, 0.5) is 8.78 Å². The number of benzene rings is 1. The minimum absolute atomic E-state index is 0.0315. The van der Waals surface area contributed by atoms with Crippen LogP contribution in [0.15, 0.2) is 30.3 Å². The zero-order chi connectivity index (χ0) is 16.0. The molecule has 0 spiro atoms. The van der Waals surface area contributed by atoms with Crippen LogP contribution < -0.4 is 0 Å². The number of carbonyl (C=O) groups is 1. The number of halogens is 2. The molecule has 1 saturated heterocycles. The molecule has 122 valence electrons. The molecule has 1 heterocycles. The highest BCUT2D eigenvalue weighted by Gasteiger charge is 2.41. The quantitative estimate of drug-likeness (QED) is 0.803. The lowest BCUT2D eigenvalue weighted by molar-refractivity contribution is -0.161. The molecule has 0 aromatic heterocycles. The Labute approximate surface area is 130 Å². The number of ether oxygens (including phenoxy) is 1. The number of rotatable bonds is 6. The molecule has 1 aliphatic rings. The van der Waals surface area contributed by atoms with E-state index in [1.54, 1.807) is 6.92 Å². The molecule has 22 heavy (non-hydrogen) atoms. The van der Waals surface area contributed by atoms with Crippen molar-refractivity contribution in [3.8, 4) is 0 Å². The molecule has 1 fully saturated rings. The Morgan fingerprint density at radius 3 is 2.50 bits per heavy atom. The lowest BCUT2D eigenvalue weighted by atomic mass is 10.1. The Balaban J connectivity index is 1.77. The van der Waals surface area contributed by atoms with E-state index in [1.807, 2.05) is 30.3 Å². The molecule has 3 nitrogen and oxygen atoms in total. The second-order valence-electron chi connectivity index (χ2n) is 5.74. The molecule has 1 amide bonds. The van der Waals surface area contributed by atoms with Gasteiger partial charge >= 0.3 is 5.92 Å². The zero-order valence-corrected chi connectivity index (χ0v) is 12.9. The number of likely N-dealkylation sites (tertiary alicyclic amines) is 1. The SMILES string of the molecule is CCCC(F)(F)C(=O)N1CCC(OCc2ccccc2)CC1. The van der Waals surface area contributed by atoms with Crippen LogP contribution in [0, 0.1) is 0 Å². The summed E-state index contributed by atoms with van der Waals surface area (Å²) in [6.45, 7) is 2.87. The molecular weight excluding hydrogens is 288 g/mol. The number of amides is 1. The van der Waals surface area contributed by atoms with Crippen LogP contribution >= 0.6 is 0 Å². The average Bonchev–Trinajstić information content (AvgIpc) is 2.54. The van der Waals surface area contributed by atoms with E-state index in [0.29, 0.717) is 39.0 Å². The molecule has 2 rings (SSSR count). The highest BCUT2D eigenvalue weighted by molar-refractivity contribution is 5.83. The largest absolute Gasteiger partial charge is 0.373 e. The Hall–Kier alpha value is -1.49. The monoisotopic (exact) mass is 311 g/mol. The van der Waals surface area contributed by atoms with Crippen LogP contribution in [0.5, 0.6) is 0 Å². The van der Waals surface area contributed by atoms with Crippen molar-refractivity contribution in [2.75, 3.05) is 13.1 Å². The fraction of sp³-hybridized carbons (Fsp3) is 0.588. The zero-order valence-electron chi connectivity index (χ0n) is 12.9. The summed E-state index contributed by atoms with van der Waals surface area (Å²) >= 11 is 0. The number of hydrogen-bond acceptors (Lipinski definition) is 2. The van der Waals surface area contributed by atoms with Crippen molar-refractivity contribution in [1.82, 2.24) is 4.90 Å². The Bertz CT molecular complexity index is 471. The van der Waals surface area contributed by atoms with Crippen molar-refractivity contribution in [2.24, 2.45) is 0 Å². The molecule has 0 saturated carbocycles. The van der Waals surface area contributed by atoms with Crippen molar-refractivity contribution in [3.05, 3.63) is 35.9 Å². The summed E-state index contributed by atoms with van der Waals surface area (Å²) in [5.74, 6) is -4.26. The molecular formula is C17H23F2NO2. The molecule has 1 aromatic rings. The smallest absolute Gasteiger partial charge is 0.324 e. The van der Waals surface area contributed by atoms with Gasteiger partial charge in [-0.15, -0.1) is 0 Å². The van der Waals surface area contributed by atoms with Gasteiger partial charge in [0.1, 0.15) is 0 Å². The molecule has 0 bridgehead atoms. The van der Waals surface area contributed by atoms with Gasteiger partial charge < -0.3 is 9.64 Å². The maximum atomic E-state index is 13.6. The molecule has 0 radical (unpaired) electrons. The van der Waals surface area contributed by atoms with Gasteiger partial charge in [-0.2, -0.15) is 8.78 Å². The van der Waals surface area contributed by atoms with E-state index < -0.39 is 11.8 Å². The van der Waals surface area contributed by atoms with Crippen LogP contribution in [-0.2, 0) is 16.1 Å². The van der Waals surface area contributed by atoms with Crippen molar-refractivity contribution in [3.63, 3.8) is 0 Å². The Kier molecular flexibility index (Phi) is 5.89. The first-order valence-corrected chi connectivity index (χ1v) is 7.85. The summed E-state index contributed by atoms with van der Waals surface area (Å²) < 4.78 is 33.1. The number of nitrogens with zero attached hydrogens (tertiary/aromatic N) is 1. The fourth-order valence-electron chi connectivity index (χ4n) is 2.67. The van der Waals surface area contributed by atoms with E-state index in [0.717, 1.165) is 5.56 Å². The van der Waals surface area contributed by atoms with Gasteiger partial charge in [0.2, 0.25) is 0 Å². The first-order chi connectivity index (χ1) is 10.5. The second kappa shape index (κ2) is 7.68. The van der Waals surface area contributed by atoms with Gasteiger partial charge in [-0.3, -0.25) is 4.79 Å². The van der Waals surface area contributed by atoms with Gasteiger partial charge in [0, 0.05) is 19.5 Å². The van der Waals surface area contributed by atoms with Gasteiger partial charge in [0.15, 0.2) is 0 Å². The van der Waals surface area contributed by atoms with E-state index in [2.05, 4.69) is 0 Å². The Morgan fingerprint density at radius 2 is 1.91 bits per heavy atom. The number of piperidine rings is 1. The highest BCUT2D eigenvalue weighted by Crippen LogP contribution is 2.26. The molecule has 0 N–H and O–H groups in total. The van der Waals surface area contributed by atoms with Crippen LogP contribution in [0.3, 0.4) is 0 Å². The molecule has 0 aliphatic carbocycles. The van der Waals surface area contributed by atoms with Crippen LogP contribution in [0.25, 0.3) is 0 Å². The van der Waals surface area contributed by atoms with Gasteiger partial charge in [-0.05, 0) is 24.8 Å². The molecule has 0 unspecified atom stereocenters. The predicted molar refractivity (Wildman–Crippen MR) is 80.7 cm³/mol. The molecule has 5 heteroatoms. The highest BCUT2D eigenvalue weighted by atomic mass is 19.3. The van der Waals surface area contributed by atoms with Gasteiger partial charge in [-0.1, -0.05) is 37.3 Å². The van der Waals surface area contributed by atoms with E-state index >= 15 is 0 Å². The predicted octanol–water partition coefficient (Wildman–Crippen LogP) is 3.63. The maximum absolute atomic E-state index is 13.6. The lowest BCUT2D eigenvalue weighted by Gasteiger charge is -2.34. The minimum atomic E-state index is -3.23. The molecule has 1 aliphatic heterocycles. The summed E-state index contributed by atoms with van der Waals surface area (Å²) in [5, 5.41) is 0. The van der Waals surface area contributed by atoms with Crippen LogP contribution in [0.1, 0.15) is 38.2 Å². The van der Waals surface area contributed by atoms with Crippen LogP contribution in [-0.4, -0.2) is 35.9 Å². The number of alkyl halides is 2. The van der Waals surface area contributed by atoms with Gasteiger partial charge in [0.05, 0.1) is 12.7 Å². The van der Waals surface area contributed by atoms with E-state index in [4.69, 9.17) is 4.74 Å². The third-order valence-corrected chi connectivity index (χ3v) is 3.93. The summed E-state index contributed by atoms with van der Waals surface area (Å²) in [6.07, 6.45) is 1.18. The average molecular weight is 311 g/mol. The normalized spacial score (nSPS) is 16.8. The van der Waals surface area contributed by atoms with E-state index in [-0.39, 0.29) is 12.5 Å². The van der Waals surface area contributed by atoms with Crippen molar-refractivity contribution < 1.29 is 18.3 Å². The van der Waals surface area contributed by atoms with E-state index in [1.165, 1.54) is 4.90 Å². The minimum Gasteiger partial charge on any atom is -0.373 e. The molecule has 1 aromatic carbocycles. The first kappa shape index (κ1) is 16.9. The van der Waals surface area contributed by atoms with Crippen LogP contribution in [0.2, 0.25) is 0 Å². The maximum Gasteiger partial charge on any atom is 0.324 e. The summed E-state index contributed by atoms with van der Waals surface area (Å²) in [5.41, 5.74) is 1.09. The molecule has 0 atom stereocenters. The lowest BCUT2D eigenvalue weighted by Crippen LogP contribution is -2.48. The first-order valence-electron chi connectivity index (χ1n) is 7.85. The van der Waals surface area contributed by atoms with Crippen molar-refractivity contribution in [1.29, 1.82) is 0 Å². The third-order valence-electron chi connectivity index (χ3n) is 3.93. The summed E-state index contributed by atoms with van der Waals surface area (Å²) in [4.78, 5) is 13.1. The number of hydrogen-bond donors (Lipinski definition) is 0. The van der Waals surface area contributed by atoms with Crippen molar-refractivity contribution in [2.45, 2.75) is 51.2 Å². The van der Waals surface area contributed by atoms with Gasteiger partial charge in [0.25, 0.3) is 5.91 Å². The fourth-order valence-corrected chi connectivity index (χ4v) is 2.67. The Morgan fingerprint density at radius 1 is 1.27 bits per heavy atom. The number of carbonyl (C=O) groups excluding carboxylic acids is 1. The van der Waals surface area contributed by atoms with E-state index in [9.17, 15) is 13.6 Å². The standard InChI is InChI=1S/C17H23F2NO2/c1-2-10-17(18,19)16(21)20-11-8-15(9-12-20)22-13-14-6-4-3-5-7-14/h3-7,15H,2,8-13H2,1H3. The summed E-state index contributed by atoms with van der Waals surface area (Å²) in [6, 6.07) is 9.84.